The fraction of sp³-hybridized carbons (Fsp3) is 0.129. The molecule has 0 fully saturated rings. The largest absolute Gasteiger partial charge is 0.493 e. The molecule has 0 saturated carbocycles. The Labute approximate surface area is 236 Å². The quantitative estimate of drug-likeness (QED) is 0.233. The molecule has 0 aliphatic carbocycles. The third-order valence-corrected chi connectivity index (χ3v) is 7.10. The molecule has 0 aliphatic heterocycles. The van der Waals surface area contributed by atoms with E-state index in [1.807, 2.05) is 90.4 Å². The van der Waals surface area contributed by atoms with Crippen LogP contribution in [0.1, 0.15) is 15.2 Å². The number of anilines is 1. The summed E-state index contributed by atoms with van der Waals surface area (Å²) in [6.07, 6.45) is 1.85. The van der Waals surface area contributed by atoms with Crippen LogP contribution in [-0.4, -0.2) is 47.0 Å². The summed E-state index contributed by atoms with van der Waals surface area (Å²) in [6.45, 7) is 0.148. The van der Waals surface area contributed by atoms with E-state index in [0.717, 1.165) is 16.8 Å². The number of imidazole rings is 1. The molecule has 5 rings (SSSR count). The van der Waals surface area contributed by atoms with Crippen LogP contribution in [0.4, 0.5) is 5.95 Å². The first-order chi connectivity index (χ1) is 19.6. The standard InChI is InChI=1S/C31H28N4O4S/c1-38-26-16-15-24(18-27(26)39-2)35-20-25(23-12-7-4-8-13-23)32-31(35)33-29(36)21-34(19-22-10-5-3-6-11-22)30(37)28-14-9-17-40-28/h3-18,20H,19,21H2,1-2H3,(H,32,33,36). The first-order valence-electron chi connectivity index (χ1n) is 12.6. The minimum absolute atomic E-state index is 0.148. The maximum Gasteiger partial charge on any atom is 0.264 e. The average Bonchev–Trinajstić information content (AvgIpc) is 3.68. The van der Waals surface area contributed by atoms with E-state index in [2.05, 4.69) is 5.32 Å². The maximum absolute atomic E-state index is 13.4. The van der Waals surface area contributed by atoms with E-state index < -0.39 is 0 Å². The van der Waals surface area contributed by atoms with Crippen molar-refractivity contribution in [3.05, 3.63) is 113 Å². The lowest BCUT2D eigenvalue weighted by atomic mass is 10.2. The van der Waals surface area contributed by atoms with Crippen LogP contribution >= 0.6 is 11.3 Å². The van der Waals surface area contributed by atoms with Gasteiger partial charge in [-0.05, 0) is 29.1 Å². The molecule has 2 aromatic heterocycles. The van der Waals surface area contributed by atoms with Gasteiger partial charge in [0.2, 0.25) is 11.9 Å². The molecule has 202 valence electrons. The summed E-state index contributed by atoms with van der Waals surface area (Å²) < 4.78 is 12.7. The maximum atomic E-state index is 13.4. The lowest BCUT2D eigenvalue weighted by Crippen LogP contribution is -2.37. The number of aromatic nitrogens is 2. The highest BCUT2D eigenvalue weighted by molar-refractivity contribution is 7.12. The molecule has 0 unspecified atom stereocenters. The van der Waals surface area contributed by atoms with Crippen molar-refractivity contribution in [2.45, 2.75) is 6.54 Å². The number of rotatable bonds is 10. The van der Waals surface area contributed by atoms with Crippen molar-refractivity contribution in [1.82, 2.24) is 14.5 Å². The lowest BCUT2D eigenvalue weighted by Gasteiger charge is -2.22. The molecule has 5 aromatic rings. The van der Waals surface area contributed by atoms with Crippen molar-refractivity contribution in [2.75, 3.05) is 26.1 Å². The first-order valence-corrected chi connectivity index (χ1v) is 13.5. The monoisotopic (exact) mass is 552 g/mol. The van der Waals surface area contributed by atoms with Gasteiger partial charge in [-0.15, -0.1) is 11.3 Å². The fourth-order valence-electron chi connectivity index (χ4n) is 4.28. The Morgan fingerprint density at radius 1 is 0.900 bits per heavy atom. The Hall–Kier alpha value is -4.89. The number of carbonyl (C=O) groups excluding carboxylic acids is 2. The van der Waals surface area contributed by atoms with Crippen molar-refractivity contribution >= 4 is 29.1 Å². The predicted octanol–water partition coefficient (Wildman–Crippen LogP) is 5.90. The topological polar surface area (TPSA) is 85.7 Å². The molecule has 3 aromatic carbocycles. The SMILES string of the molecule is COc1ccc(-n2cc(-c3ccccc3)nc2NC(=O)CN(Cc2ccccc2)C(=O)c2cccs2)cc1OC. The molecule has 0 saturated heterocycles. The molecule has 1 N–H and O–H groups in total. The van der Waals surface area contributed by atoms with E-state index in [1.54, 1.807) is 30.9 Å². The Morgan fingerprint density at radius 2 is 1.62 bits per heavy atom. The summed E-state index contributed by atoms with van der Waals surface area (Å²) >= 11 is 1.35. The van der Waals surface area contributed by atoms with Gasteiger partial charge in [-0.1, -0.05) is 66.7 Å². The molecule has 0 spiro atoms. The fourth-order valence-corrected chi connectivity index (χ4v) is 4.98. The number of hydrogen-bond acceptors (Lipinski definition) is 6. The van der Waals surface area contributed by atoms with Gasteiger partial charge in [0.25, 0.3) is 5.91 Å². The van der Waals surface area contributed by atoms with Gasteiger partial charge in [0.15, 0.2) is 11.5 Å². The molecule has 40 heavy (non-hydrogen) atoms. The minimum Gasteiger partial charge on any atom is -0.493 e. The highest BCUT2D eigenvalue weighted by Gasteiger charge is 2.22. The van der Waals surface area contributed by atoms with Crippen molar-refractivity contribution in [2.24, 2.45) is 0 Å². The summed E-state index contributed by atoms with van der Waals surface area (Å²) in [5.41, 5.74) is 3.23. The van der Waals surface area contributed by atoms with E-state index >= 15 is 0 Å². The van der Waals surface area contributed by atoms with Gasteiger partial charge < -0.3 is 14.4 Å². The smallest absolute Gasteiger partial charge is 0.264 e. The number of ether oxygens (including phenoxy) is 2. The van der Waals surface area contributed by atoms with Crippen LogP contribution in [0.15, 0.2) is 103 Å². The van der Waals surface area contributed by atoms with E-state index in [-0.39, 0.29) is 18.4 Å². The van der Waals surface area contributed by atoms with Gasteiger partial charge in [0.05, 0.1) is 30.5 Å². The van der Waals surface area contributed by atoms with Crippen LogP contribution < -0.4 is 14.8 Å². The van der Waals surface area contributed by atoms with Gasteiger partial charge in [0.1, 0.15) is 6.54 Å². The molecule has 0 bridgehead atoms. The Balaban J connectivity index is 1.46. The van der Waals surface area contributed by atoms with Crippen molar-refractivity contribution in [3.63, 3.8) is 0 Å². The lowest BCUT2D eigenvalue weighted by molar-refractivity contribution is -0.117. The third kappa shape index (κ3) is 6.05. The second kappa shape index (κ2) is 12.3. The predicted molar refractivity (Wildman–Crippen MR) is 156 cm³/mol. The highest BCUT2D eigenvalue weighted by atomic mass is 32.1. The normalized spacial score (nSPS) is 10.7. The molecule has 8 nitrogen and oxygen atoms in total. The Bertz CT molecular complexity index is 1580. The molecular formula is C31H28N4O4S. The van der Waals surface area contributed by atoms with Gasteiger partial charge in [-0.3, -0.25) is 19.5 Å². The number of nitrogens with zero attached hydrogens (tertiary/aromatic N) is 3. The van der Waals surface area contributed by atoms with Gasteiger partial charge >= 0.3 is 0 Å². The van der Waals surface area contributed by atoms with Crippen LogP contribution in [-0.2, 0) is 11.3 Å². The Kier molecular flexibility index (Phi) is 8.22. The highest BCUT2D eigenvalue weighted by Crippen LogP contribution is 2.32. The zero-order chi connectivity index (χ0) is 27.9. The minimum atomic E-state index is -0.368. The molecular weight excluding hydrogens is 524 g/mol. The second-order valence-electron chi connectivity index (χ2n) is 8.90. The van der Waals surface area contributed by atoms with Crippen LogP contribution in [0.3, 0.4) is 0 Å². The zero-order valence-corrected chi connectivity index (χ0v) is 22.9. The number of methoxy groups -OCH3 is 2. The van der Waals surface area contributed by atoms with Crippen molar-refractivity contribution < 1.29 is 19.1 Å². The van der Waals surface area contributed by atoms with Crippen LogP contribution in [0, 0.1) is 0 Å². The second-order valence-corrected chi connectivity index (χ2v) is 9.85. The zero-order valence-electron chi connectivity index (χ0n) is 22.1. The van der Waals surface area contributed by atoms with Crippen molar-refractivity contribution in [1.29, 1.82) is 0 Å². The van der Waals surface area contributed by atoms with E-state index in [9.17, 15) is 9.59 Å². The Morgan fingerprint density at radius 3 is 2.30 bits per heavy atom. The van der Waals surface area contributed by atoms with E-state index in [0.29, 0.717) is 34.6 Å². The van der Waals surface area contributed by atoms with Gasteiger partial charge in [-0.25, -0.2) is 4.98 Å². The molecule has 2 amide bonds. The van der Waals surface area contributed by atoms with Crippen LogP contribution in [0.2, 0.25) is 0 Å². The molecule has 0 aliphatic rings. The van der Waals surface area contributed by atoms with Gasteiger partial charge in [-0.2, -0.15) is 0 Å². The average molecular weight is 553 g/mol. The van der Waals surface area contributed by atoms with Crippen molar-refractivity contribution in [3.8, 4) is 28.4 Å². The summed E-state index contributed by atoms with van der Waals surface area (Å²) in [5, 5.41) is 4.78. The van der Waals surface area contributed by atoms with Gasteiger partial charge in [0, 0.05) is 24.4 Å². The third-order valence-electron chi connectivity index (χ3n) is 6.24. The summed E-state index contributed by atoms with van der Waals surface area (Å²) in [4.78, 5) is 33.6. The number of hydrogen-bond donors (Lipinski definition) is 1. The summed E-state index contributed by atoms with van der Waals surface area (Å²) in [7, 11) is 3.14. The molecule has 0 radical (unpaired) electrons. The number of thiophene rings is 1. The summed E-state index contributed by atoms with van der Waals surface area (Å²) in [5.74, 6) is 0.876. The molecule has 2 heterocycles. The van der Waals surface area contributed by atoms with E-state index in [1.165, 1.54) is 16.2 Å². The summed E-state index contributed by atoms with van der Waals surface area (Å²) in [6, 6.07) is 28.4. The number of nitrogens with one attached hydrogen (secondary N) is 1. The number of benzene rings is 3. The molecule has 0 atom stereocenters. The van der Waals surface area contributed by atoms with E-state index in [4.69, 9.17) is 14.5 Å². The van der Waals surface area contributed by atoms with Crippen LogP contribution in [0.5, 0.6) is 11.5 Å². The molecule has 9 heteroatoms. The first kappa shape index (κ1) is 26.7. The number of carbonyl (C=O) groups is 2. The number of amides is 2. The van der Waals surface area contributed by atoms with Crippen LogP contribution in [0.25, 0.3) is 16.9 Å².